The topological polar surface area (TPSA) is 12.4 Å². The van der Waals surface area contributed by atoms with Gasteiger partial charge < -0.3 is 0 Å². The fourth-order valence-corrected chi connectivity index (χ4v) is 0.900. The molecule has 1 nitrogen and oxygen atoms in total. The Kier molecular flexibility index (Phi) is 1.70. The van der Waals surface area contributed by atoms with Crippen LogP contribution in [0.15, 0.2) is 17.3 Å². The zero-order valence-electron chi connectivity index (χ0n) is 6.09. The van der Waals surface area contributed by atoms with E-state index in [0.29, 0.717) is 5.41 Å². The van der Waals surface area contributed by atoms with Gasteiger partial charge in [0.05, 0.1) is 0 Å². The van der Waals surface area contributed by atoms with Crippen molar-refractivity contribution in [1.82, 2.24) is 0 Å². The third-order valence-electron chi connectivity index (χ3n) is 1.57. The molecule has 0 saturated carbocycles. The lowest BCUT2D eigenvalue weighted by Gasteiger charge is -2.15. The van der Waals surface area contributed by atoms with Crippen LogP contribution in [0, 0.1) is 5.41 Å². The molecule has 0 aromatic carbocycles. The van der Waals surface area contributed by atoms with E-state index in [2.05, 4.69) is 24.9 Å². The van der Waals surface area contributed by atoms with E-state index >= 15 is 0 Å². The standard InChI is InChI=1S/C8H13N/c1-8(2)5-3-4-6-9-7-8/h4,6-7H,3,5H2,1-2H3. The first-order valence-corrected chi connectivity index (χ1v) is 3.40. The largest absolute Gasteiger partial charge is 0.269 e. The Morgan fingerprint density at radius 2 is 2.22 bits per heavy atom. The van der Waals surface area contributed by atoms with Gasteiger partial charge in [0.1, 0.15) is 0 Å². The number of hydrogen-bond donors (Lipinski definition) is 0. The normalized spacial score (nSPS) is 23.8. The van der Waals surface area contributed by atoms with Crippen LogP contribution in [0.2, 0.25) is 0 Å². The van der Waals surface area contributed by atoms with Gasteiger partial charge in [0, 0.05) is 17.8 Å². The zero-order chi connectivity index (χ0) is 6.74. The van der Waals surface area contributed by atoms with Gasteiger partial charge in [-0.25, -0.2) is 0 Å². The van der Waals surface area contributed by atoms with Crippen molar-refractivity contribution in [2.75, 3.05) is 0 Å². The lowest BCUT2D eigenvalue weighted by molar-refractivity contribution is 0.495. The molecule has 1 rings (SSSR count). The molecule has 1 heterocycles. The first kappa shape index (κ1) is 6.53. The summed E-state index contributed by atoms with van der Waals surface area (Å²) in [7, 11) is 0. The molecule has 1 aliphatic rings. The minimum Gasteiger partial charge on any atom is -0.269 e. The second-order valence-corrected chi connectivity index (χ2v) is 3.19. The number of nitrogens with zero attached hydrogens (tertiary/aromatic N) is 1. The van der Waals surface area contributed by atoms with E-state index in [1.54, 1.807) is 0 Å². The molecule has 0 fully saturated rings. The Balaban J connectivity index is 2.62. The monoisotopic (exact) mass is 123 g/mol. The highest BCUT2D eigenvalue weighted by molar-refractivity contribution is 5.65. The van der Waals surface area contributed by atoms with Gasteiger partial charge in [-0.15, -0.1) is 0 Å². The van der Waals surface area contributed by atoms with Gasteiger partial charge >= 0.3 is 0 Å². The summed E-state index contributed by atoms with van der Waals surface area (Å²) in [6, 6.07) is 0. The molecule has 0 aromatic rings. The van der Waals surface area contributed by atoms with Gasteiger partial charge in [-0.1, -0.05) is 19.9 Å². The quantitative estimate of drug-likeness (QED) is 0.469. The Labute approximate surface area is 56.5 Å². The fourth-order valence-electron chi connectivity index (χ4n) is 0.900. The van der Waals surface area contributed by atoms with Crippen molar-refractivity contribution in [2.45, 2.75) is 26.7 Å². The molecule has 0 spiro atoms. The highest BCUT2D eigenvalue weighted by Crippen LogP contribution is 2.21. The molecule has 1 heteroatoms. The lowest BCUT2D eigenvalue weighted by atomic mass is 9.90. The molecule has 50 valence electrons. The van der Waals surface area contributed by atoms with Crippen molar-refractivity contribution in [3.8, 4) is 0 Å². The van der Waals surface area contributed by atoms with Crippen LogP contribution in [0.3, 0.4) is 0 Å². The Morgan fingerprint density at radius 3 is 3.00 bits per heavy atom. The van der Waals surface area contributed by atoms with Crippen LogP contribution >= 0.6 is 0 Å². The summed E-state index contributed by atoms with van der Waals surface area (Å²) in [6.07, 6.45) is 8.40. The van der Waals surface area contributed by atoms with Crippen molar-refractivity contribution in [2.24, 2.45) is 10.4 Å². The molecule has 0 bridgehead atoms. The van der Waals surface area contributed by atoms with Crippen LogP contribution in [-0.4, -0.2) is 6.21 Å². The van der Waals surface area contributed by atoms with E-state index in [1.165, 1.54) is 6.42 Å². The fraction of sp³-hybridized carbons (Fsp3) is 0.625. The Hall–Kier alpha value is -0.590. The van der Waals surface area contributed by atoms with E-state index in [1.807, 2.05) is 12.4 Å². The highest BCUT2D eigenvalue weighted by atomic mass is 14.7. The smallest absolute Gasteiger partial charge is 0.0224 e. The minimum absolute atomic E-state index is 0.309. The van der Waals surface area contributed by atoms with E-state index in [0.717, 1.165) is 6.42 Å². The molecular weight excluding hydrogens is 110 g/mol. The molecule has 0 saturated heterocycles. The summed E-state index contributed by atoms with van der Waals surface area (Å²) in [5, 5.41) is 0. The second-order valence-electron chi connectivity index (χ2n) is 3.19. The van der Waals surface area contributed by atoms with Gasteiger partial charge in [0.2, 0.25) is 0 Å². The van der Waals surface area contributed by atoms with E-state index < -0.39 is 0 Å². The van der Waals surface area contributed by atoms with Gasteiger partial charge in [0.25, 0.3) is 0 Å². The van der Waals surface area contributed by atoms with Gasteiger partial charge in [-0.3, -0.25) is 4.99 Å². The van der Waals surface area contributed by atoms with Crippen LogP contribution in [0.25, 0.3) is 0 Å². The molecule has 9 heavy (non-hydrogen) atoms. The summed E-state index contributed by atoms with van der Waals surface area (Å²) < 4.78 is 0. The first-order valence-electron chi connectivity index (χ1n) is 3.40. The molecular formula is C8H13N. The van der Waals surface area contributed by atoms with Crippen molar-refractivity contribution in [3.05, 3.63) is 12.3 Å². The van der Waals surface area contributed by atoms with Crippen LogP contribution in [0.5, 0.6) is 0 Å². The third-order valence-corrected chi connectivity index (χ3v) is 1.57. The van der Waals surface area contributed by atoms with Crippen LogP contribution in [0.4, 0.5) is 0 Å². The minimum atomic E-state index is 0.309. The van der Waals surface area contributed by atoms with E-state index in [-0.39, 0.29) is 0 Å². The predicted molar refractivity (Wildman–Crippen MR) is 40.6 cm³/mol. The summed E-state index contributed by atoms with van der Waals surface area (Å²) in [5.74, 6) is 0. The van der Waals surface area contributed by atoms with Crippen molar-refractivity contribution < 1.29 is 0 Å². The van der Waals surface area contributed by atoms with Crippen molar-refractivity contribution in [1.29, 1.82) is 0 Å². The second kappa shape index (κ2) is 2.34. The molecule has 0 atom stereocenters. The van der Waals surface area contributed by atoms with Crippen LogP contribution in [-0.2, 0) is 0 Å². The van der Waals surface area contributed by atoms with Crippen LogP contribution < -0.4 is 0 Å². The number of rotatable bonds is 0. The molecule has 0 aliphatic carbocycles. The van der Waals surface area contributed by atoms with Crippen molar-refractivity contribution >= 4 is 6.21 Å². The number of hydrogen-bond acceptors (Lipinski definition) is 1. The molecule has 0 N–H and O–H groups in total. The highest BCUT2D eigenvalue weighted by Gasteiger charge is 2.13. The van der Waals surface area contributed by atoms with Crippen molar-refractivity contribution in [3.63, 3.8) is 0 Å². The first-order chi connectivity index (χ1) is 4.21. The maximum atomic E-state index is 4.12. The maximum absolute atomic E-state index is 4.12. The van der Waals surface area contributed by atoms with Gasteiger partial charge in [0.15, 0.2) is 0 Å². The zero-order valence-corrected chi connectivity index (χ0v) is 6.09. The molecule has 0 amide bonds. The Bertz CT molecular complexity index is 143. The van der Waals surface area contributed by atoms with Gasteiger partial charge in [-0.05, 0) is 12.8 Å². The molecule has 1 aliphatic heterocycles. The predicted octanol–water partition coefficient (Wildman–Crippen LogP) is 2.39. The maximum Gasteiger partial charge on any atom is 0.0224 e. The lowest BCUT2D eigenvalue weighted by Crippen LogP contribution is -2.10. The van der Waals surface area contributed by atoms with E-state index in [9.17, 15) is 0 Å². The molecule has 0 radical (unpaired) electrons. The average Bonchev–Trinajstić information content (AvgIpc) is 1.92. The summed E-state index contributed by atoms with van der Waals surface area (Å²) in [6.45, 7) is 4.42. The third kappa shape index (κ3) is 2.00. The summed E-state index contributed by atoms with van der Waals surface area (Å²) >= 11 is 0. The van der Waals surface area contributed by atoms with Crippen LogP contribution in [0.1, 0.15) is 26.7 Å². The average molecular weight is 123 g/mol. The molecule has 0 aromatic heterocycles. The van der Waals surface area contributed by atoms with E-state index in [4.69, 9.17) is 0 Å². The SMILES string of the molecule is CC1(C)C=NC=CCC1. The Morgan fingerprint density at radius 1 is 1.44 bits per heavy atom. The summed E-state index contributed by atoms with van der Waals surface area (Å²) in [5.41, 5.74) is 0.309. The molecule has 0 unspecified atom stereocenters. The van der Waals surface area contributed by atoms with Gasteiger partial charge in [-0.2, -0.15) is 0 Å². The number of aliphatic imine (C=N–C) groups is 1. The summed E-state index contributed by atoms with van der Waals surface area (Å²) in [4.78, 5) is 4.12. The number of allylic oxidation sites excluding steroid dienone is 1.